The van der Waals surface area contributed by atoms with Crippen LogP contribution in [0.3, 0.4) is 0 Å². The zero-order valence-electron chi connectivity index (χ0n) is 9.36. The number of piperazine rings is 1. The number of hydrogen-bond acceptors (Lipinski definition) is 3. The molecule has 1 rings (SSSR count). The van der Waals surface area contributed by atoms with Crippen LogP contribution in [0.4, 0.5) is 0 Å². The van der Waals surface area contributed by atoms with E-state index in [9.17, 15) is 4.79 Å². The SMILES string of the molecule is CC(CN)CN1CCN(C)C(=O)C1C. The smallest absolute Gasteiger partial charge is 0.239 e. The van der Waals surface area contributed by atoms with E-state index in [1.54, 1.807) is 4.90 Å². The highest BCUT2D eigenvalue weighted by Gasteiger charge is 2.29. The summed E-state index contributed by atoms with van der Waals surface area (Å²) in [5.74, 6) is 0.689. The third kappa shape index (κ3) is 2.45. The van der Waals surface area contributed by atoms with Crippen molar-refractivity contribution in [3.63, 3.8) is 0 Å². The molecule has 0 aromatic carbocycles. The van der Waals surface area contributed by atoms with Crippen LogP contribution in [0.15, 0.2) is 0 Å². The monoisotopic (exact) mass is 199 g/mol. The van der Waals surface area contributed by atoms with E-state index >= 15 is 0 Å². The zero-order chi connectivity index (χ0) is 10.7. The van der Waals surface area contributed by atoms with Crippen LogP contribution in [0.5, 0.6) is 0 Å². The van der Waals surface area contributed by atoms with Gasteiger partial charge < -0.3 is 10.6 Å². The molecule has 0 spiro atoms. The Morgan fingerprint density at radius 3 is 2.79 bits per heavy atom. The van der Waals surface area contributed by atoms with Crippen molar-refractivity contribution in [1.29, 1.82) is 0 Å². The second-order valence-electron chi connectivity index (χ2n) is 4.27. The van der Waals surface area contributed by atoms with Crippen LogP contribution in [0.1, 0.15) is 13.8 Å². The van der Waals surface area contributed by atoms with Crippen molar-refractivity contribution in [2.45, 2.75) is 19.9 Å². The lowest BCUT2D eigenvalue weighted by Gasteiger charge is -2.38. The average molecular weight is 199 g/mol. The number of carbonyl (C=O) groups is 1. The van der Waals surface area contributed by atoms with Gasteiger partial charge in [-0.3, -0.25) is 9.69 Å². The van der Waals surface area contributed by atoms with Crippen LogP contribution in [0, 0.1) is 5.92 Å². The van der Waals surface area contributed by atoms with E-state index in [2.05, 4.69) is 11.8 Å². The number of amides is 1. The lowest BCUT2D eigenvalue weighted by Crippen LogP contribution is -2.55. The Hall–Kier alpha value is -0.610. The van der Waals surface area contributed by atoms with Crippen LogP contribution in [0.25, 0.3) is 0 Å². The Labute approximate surface area is 86.0 Å². The molecule has 2 unspecified atom stereocenters. The summed E-state index contributed by atoms with van der Waals surface area (Å²) in [6, 6.07) is 0.0164. The van der Waals surface area contributed by atoms with Gasteiger partial charge in [0, 0.05) is 26.7 Å². The normalized spacial score (nSPS) is 26.7. The molecule has 0 aromatic heterocycles. The Balaban J connectivity index is 2.51. The molecule has 2 N–H and O–H groups in total. The summed E-state index contributed by atoms with van der Waals surface area (Å²) in [5, 5.41) is 0. The van der Waals surface area contributed by atoms with E-state index in [0.717, 1.165) is 19.6 Å². The lowest BCUT2D eigenvalue weighted by molar-refractivity contribution is -0.139. The van der Waals surface area contributed by atoms with Crippen LogP contribution < -0.4 is 5.73 Å². The molecule has 0 saturated carbocycles. The van der Waals surface area contributed by atoms with Crippen LogP contribution in [-0.2, 0) is 4.79 Å². The van der Waals surface area contributed by atoms with Crippen molar-refractivity contribution in [2.24, 2.45) is 11.7 Å². The summed E-state index contributed by atoms with van der Waals surface area (Å²) in [7, 11) is 1.86. The first-order valence-electron chi connectivity index (χ1n) is 5.25. The number of carbonyl (C=O) groups excluding carboxylic acids is 1. The minimum absolute atomic E-state index is 0.0164. The van der Waals surface area contributed by atoms with Gasteiger partial charge in [-0.25, -0.2) is 0 Å². The van der Waals surface area contributed by atoms with Gasteiger partial charge in [-0.1, -0.05) is 6.92 Å². The van der Waals surface area contributed by atoms with Gasteiger partial charge >= 0.3 is 0 Å². The summed E-state index contributed by atoms with van der Waals surface area (Å²) in [6.07, 6.45) is 0. The van der Waals surface area contributed by atoms with E-state index < -0.39 is 0 Å². The minimum atomic E-state index is 0.0164. The molecule has 0 radical (unpaired) electrons. The molecule has 14 heavy (non-hydrogen) atoms. The van der Waals surface area contributed by atoms with E-state index in [4.69, 9.17) is 5.73 Å². The van der Waals surface area contributed by atoms with Gasteiger partial charge in [0.1, 0.15) is 0 Å². The first kappa shape index (κ1) is 11.5. The highest BCUT2D eigenvalue weighted by atomic mass is 16.2. The predicted molar refractivity (Wildman–Crippen MR) is 56.9 cm³/mol. The fourth-order valence-electron chi connectivity index (χ4n) is 1.78. The summed E-state index contributed by atoms with van der Waals surface area (Å²) in [4.78, 5) is 15.7. The molecule has 1 aliphatic rings. The van der Waals surface area contributed by atoms with Crippen molar-refractivity contribution in [1.82, 2.24) is 9.80 Å². The molecule has 82 valence electrons. The zero-order valence-corrected chi connectivity index (χ0v) is 9.36. The molecule has 2 atom stereocenters. The maximum atomic E-state index is 11.7. The second kappa shape index (κ2) is 4.75. The van der Waals surface area contributed by atoms with Crippen molar-refractivity contribution in [2.75, 3.05) is 33.2 Å². The largest absolute Gasteiger partial charge is 0.343 e. The third-order valence-corrected chi connectivity index (χ3v) is 2.95. The topological polar surface area (TPSA) is 49.6 Å². The van der Waals surface area contributed by atoms with Crippen molar-refractivity contribution in [3.05, 3.63) is 0 Å². The molecular formula is C10H21N3O. The summed E-state index contributed by atoms with van der Waals surface area (Å²) < 4.78 is 0. The predicted octanol–water partition coefficient (Wildman–Crippen LogP) is -0.256. The third-order valence-electron chi connectivity index (χ3n) is 2.95. The Morgan fingerprint density at radius 2 is 2.21 bits per heavy atom. The van der Waals surface area contributed by atoms with Crippen molar-refractivity contribution >= 4 is 5.91 Å². The van der Waals surface area contributed by atoms with E-state index in [-0.39, 0.29) is 11.9 Å². The van der Waals surface area contributed by atoms with Crippen LogP contribution >= 0.6 is 0 Å². The fraction of sp³-hybridized carbons (Fsp3) is 0.900. The van der Waals surface area contributed by atoms with Gasteiger partial charge in [-0.2, -0.15) is 0 Å². The highest BCUT2D eigenvalue weighted by molar-refractivity contribution is 5.81. The number of hydrogen-bond donors (Lipinski definition) is 1. The molecule has 1 heterocycles. The van der Waals surface area contributed by atoms with Gasteiger partial charge in [0.2, 0.25) is 5.91 Å². The summed E-state index contributed by atoms with van der Waals surface area (Å²) in [6.45, 7) is 7.51. The van der Waals surface area contributed by atoms with Crippen molar-refractivity contribution < 1.29 is 4.79 Å². The van der Waals surface area contributed by atoms with Gasteiger partial charge in [0.05, 0.1) is 6.04 Å². The van der Waals surface area contributed by atoms with E-state index in [1.165, 1.54) is 0 Å². The molecule has 1 aliphatic heterocycles. The molecule has 0 aromatic rings. The van der Waals surface area contributed by atoms with Gasteiger partial charge in [-0.05, 0) is 19.4 Å². The van der Waals surface area contributed by atoms with E-state index in [0.29, 0.717) is 12.5 Å². The first-order valence-corrected chi connectivity index (χ1v) is 5.25. The maximum Gasteiger partial charge on any atom is 0.239 e. The maximum absolute atomic E-state index is 11.7. The quantitative estimate of drug-likeness (QED) is 0.681. The average Bonchev–Trinajstić information content (AvgIpc) is 2.19. The molecule has 0 aliphatic carbocycles. The molecule has 4 nitrogen and oxygen atoms in total. The standard InChI is InChI=1S/C10H21N3O/c1-8(6-11)7-13-5-4-12(3)10(14)9(13)2/h8-9H,4-7,11H2,1-3H3. The Morgan fingerprint density at radius 1 is 1.57 bits per heavy atom. The fourth-order valence-corrected chi connectivity index (χ4v) is 1.78. The molecule has 1 fully saturated rings. The van der Waals surface area contributed by atoms with Crippen LogP contribution in [-0.4, -0.2) is 55.0 Å². The molecule has 1 saturated heterocycles. The summed E-state index contributed by atoms with van der Waals surface area (Å²) >= 11 is 0. The lowest BCUT2D eigenvalue weighted by atomic mass is 10.1. The van der Waals surface area contributed by atoms with Crippen molar-refractivity contribution in [3.8, 4) is 0 Å². The summed E-state index contributed by atoms with van der Waals surface area (Å²) in [5.41, 5.74) is 5.57. The molecule has 4 heteroatoms. The number of nitrogens with two attached hydrogens (primary N) is 1. The number of nitrogens with zero attached hydrogens (tertiary/aromatic N) is 2. The number of rotatable bonds is 3. The number of likely N-dealkylation sites (N-methyl/N-ethyl adjacent to an activating group) is 1. The van der Waals surface area contributed by atoms with Gasteiger partial charge in [0.15, 0.2) is 0 Å². The molecule has 1 amide bonds. The Kier molecular flexibility index (Phi) is 3.89. The second-order valence-corrected chi connectivity index (χ2v) is 4.27. The Bertz CT molecular complexity index is 208. The molecule has 0 bridgehead atoms. The molecular weight excluding hydrogens is 178 g/mol. The van der Waals surface area contributed by atoms with Gasteiger partial charge in [0.25, 0.3) is 0 Å². The van der Waals surface area contributed by atoms with E-state index in [1.807, 2.05) is 14.0 Å². The highest BCUT2D eigenvalue weighted by Crippen LogP contribution is 2.11. The minimum Gasteiger partial charge on any atom is -0.343 e. The van der Waals surface area contributed by atoms with Gasteiger partial charge in [-0.15, -0.1) is 0 Å². The van der Waals surface area contributed by atoms with Crippen LogP contribution in [0.2, 0.25) is 0 Å². The first-order chi connectivity index (χ1) is 6.56.